The summed E-state index contributed by atoms with van der Waals surface area (Å²) in [6.07, 6.45) is 5.13. The van der Waals surface area contributed by atoms with Crippen molar-refractivity contribution in [2.24, 2.45) is 0 Å². The molecule has 1 aromatic heterocycles. The number of fused-ring (bicyclic) bond motifs is 1. The van der Waals surface area contributed by atoms with Crippen molar-refractivity contribution < 1.29 is 4.79 Å². The standard InChI is InChI=1S/C16H15NO/c1-11-6-7-13-10-14(8-9-15(13)17-11)16(18)12-4-2-3-5-12/h4,6-10H,2-3,5H2,1H3. The Bertz CT molecular complexity index is 655. The summed E-state index contributed by atoms with van der Waals surface area (Å²) in [6, 6.07) is 9.77. The Labute approximate surface area is 106 Å². The number of carbonyl (C=O) groups is 1. The number of aromatic nitrogens is 1. The number of ketones is 1. The quantitative estimate of drug-likeness (QED) is 0.743. The number of benzene rings is 1. The lowest BCUT2D eigenvalue weighted by molar-refractivity contribution is 0.103. The SMILES string of the molecule is Cc1ccc2cc(C(=O)C3=CCCC3)ccc2n1. The molecule has 0 saturated carbocycles. The Kier molecular flexibility index (Phi) is 2.71. The molecule has 3 rings (SSSR count). The topological polar surface area (TPSA) is 30.0 Å². The molecule has 1 aliphatic carbocycles. The number of allylic oxidation sites excluding steroid dienone is 2. The van der Waals surface area contributed by atoms with E-state index in [-0.39, 0.29) is 5.78 Å². The summed E-state index contributed by atoms with van der Waals surface area (Å²) < 4.78 is 0. The highest BCUT2D eigenvalue weighted by atomic mass is 16.1. The van der Waals surface area contributed by atoms with Crippen LogP contribution in [0.2, 0.25) is 0 Å². The molecule has 0 bridgehead atoms. The molecular weight excluding hydrogens is 222 g/mol. The number of pyridine rings is 1. The lowest BCUT2D eigenvalue weighted by atomic mass is 10.0. The largest absolute Gasteiger partial charge is 0.289 e. The van der Waals surface area contributed by atoms with Crippen LogP contribution in [0.15, 0.2) is 42.0 Å². The van der Waals surface area contributed by atoms with E-state index in [0.29, 0.717) is 0 Å². The van der Waals surface area contributed by atoms with E-state index < -0.39 is 0 Å². The predicted octanol–water partition coefficient (Wildman–Crippen LogP) is 3.84. The van der Waals surface area contributed by atoms with Gasteiger partial charge in [-0.3, -0.25) is 9.78 Å². The van der Waals surface area contributed by atoms with Crippen LogP contribution < -0.4 is 0 Å². The van der Waals surface area contributed by atoms with E-state index in [1.807, 2.05) is 37.3 Å². The van der Waals surface area contributed by atoms with Crippen molar-refractivity contribution >= 4 is 16.7 Å². The van der Waals surface area contributed by atoms with Crippen LogP contribution in [0, 0.1) is 6.92 Å². The second kappa shape index (κ2) is 4.37. The number of aryl methyl sites for hydroxylation is 1. The van der Waals surface area contributed by atoms with Crippen LogP contribution in [0.5, 0.6) is 0 Å². The molecular formula is C16H15NO. The van der Waals surface area contributed by atoms with Gasteiger partial charge in [-0.1, -0.05) is 12.1 Å². The molecule has 2 heteroatoms. The molecule has 2 aromatic rings. The zero-order chi connectivity index (χ0) is 12.5. The summed E-state index contributed by atoms with van der Waals surface area (Å²) in [5.41, 5.74) is 3.70. The third kappa shape index (κ3) is 1.94. The summed E-state index contributed by atoms with van der Waals surface area (Å²) in [6.45, 7) is 1.97. The van der Waals surface area contributed by atoms with Crippen LogP contribution in [-0.4, -0.2) is 10.8 Å². The van der Waals surface area contributed by atoms with Crippen molar-refractivity contribution in [3.05, 3.63) is 53.2 Å². The Balaban J connectivity index is 2.03. The van der Waals surface area contributed by atoms with Gasteiger partial charge in [0.2, 0.25) is 0 Å². The Morgan fingerprint density at radius 1 is 1.22 bits per heavy atom. The van der Waals surface area contributed by atoms with Crippen molar-refractivity contribution in [1.82, 2.24) is 4.98 Å². The van der Waals surface area contributed by atoms with Gasteiger partial charge in [0.1, 0.15) is 0 Å². The van der Waals surface area contributed by atoms with Gasteiger partial charge in [0, 0.05) is 16.6 Å². The van der Waals surface area contributed by atoms with E-state index >= 15 is 0 Å². The van der Waals surface area contributed by atoms with Crippen LogP contribution in [-0.2, 0) is 0 Å². The maximum Gasteiger partial charge on any atom is 0.188 e. The third-order valence-corrected chi connectivity index (χ3v) is 3.42. The van der Waals surface area contributed by atoms with Gasteiger partial charge < -0.3 is 0 Å². The number of Topliss-reactive ketones (excluding diaryl/α,β-unsaturated/α-hetero) is 1. The first-order valence-electron chi connectivity index (χ1n) is 6.35. The average Bonchev–Trinajstić information content (AvgIpc) is 2.91. The lowest BCUT2D eigenvalue weighted by Gasteiger charge is -2.04. The van der Waals surface area contributed by atoms with Crippen molar-refractivity contribution in [2.45, 2.75) is 26.2 Å². The molecule has 18 heavy (non-hydrogen) atoms. The molecule has 0 amide bonds. The van der Waals surface area contributed by atoms with E-state index in [1.165, 1.54) is 0 Å². The smallest absolute Gasteiger partial charge is 0.188 e. The van der Waals surface area contributed by atoms with Gasteiger partial charge in [0.05, 0.1) is 5.52 Å². The van der Waals surface area contributed by atoms with Crippen molar-refractivity contribution in [1.29, 1.82) is 0 Å². The molecule has 0 aliphatic heterocycles. The van der Waals surface area contributed by atoms with Crippen molar-refractivity contribution in [3.63, 3.8) is 0 Å². The molecule has 1 heterocycles. The maximum atomic E-state index is 12.3. The van der Waals surface area contributed by atoms with Gasteiger partial charge >= 0.3 is 0 Å². The zero-order valence-electron chi connectivity index (χ0n) is 10.4. The first-order chi connectivity index (χ1) is 8.74. The highest BCUT2D eigenvalue weighted by Crippen LogP contribution is 2.23. The molecule has 2 nitrogen and oxygen atoms in total. The first kappa shape index (κ1) is 11.1. The minimum atomic E-state index is 0.176. The maximum absolute atomic E-state index is 12.3. The Morgan fingerprint density at radius 2 is 2.11 bits per heavy atom. The van der Waals surface area contributed by atoms with Gasteiger partial charge in [-0.15, -0.1) is 0 Å². The number of rotatable bonds is 2. The molecule has 0 N–H and O–H groups in total. The molecule has 1 aromatic carbocycles. The average molecular weight is 237 g/mol. The number of nitrogens with zero attached hydrogens (tertiary/aromatic N) is 1. The van der Waals surface area contributed by atoms with Crippen molar-refractivity contribution in [3.8, 4) is 0 Å². The summed E-state index contributed by atoms with van der Waals surface area (Å²) >= 11 is 0. The number of hydrogen-bond donors (Lipinski definition) is 0. The van der Waals surface area contributed by atoms with Crippen LogP contribution >= 0.6 is 0 Å². The third-order valence-electron chi connectivity index (χ3n) is 3.42. The second-order valence-electron chi connectivity index (χ2n) is 4.81. The fourth-order valence-corrected chi connectivity index (χ4v) is 2.43. The normalized spacial score (nSPS) is 14.8. The predicted molar refractivity (Wildman–Crippen MR) is 72.7 cm³/mol. The van der Waals surface area contributed by atoms with E-state index in [9.17, 15) is 4.79 Å². The van der Waals surface area contributed by atoms with E-state index in [2.05, 4.69) is 11.1 Å². The lowest BCUT2D eigenvalue weighted by Crippen LogP contribution is -2.01. The van der Waals surface area contributed by atoms with Crippen molar-refractivity contribution in [2.75, 3.05) is 0 Å². The van der Waals surface area contributed by atoms with Crippen LogP contribution in [0.1, 0.15) is 35.3 Å². The molecule has 0 atom stereocenters. The number of hydrogen-bond acceptors (Lipinski definition) is 2. The second-order valence-corrected chi connectivity index (χ2v) is 4.81. The molecule has 0 spiro atoms. The summed E-state index contributed by atoms with van der Waals surface area (Å²) in [5, 5.41) is 1.03. The molecule has 0 fully saturated rings. The van der Waals surface area contributed by atoms with E-state index in [1.54, 1.807) is 0 Å². The van der Waals surface area contributed by atoms with Crippen LogP contribution in [0.25, 0.3) is 10.9 Å². The summed E-state index contributed by atoms with van der Waals surface area (Å²) in [4.78, 5) is 16.7. The van der Waals surface area contributed by atoms with Gasteiger partial charge in [-0.2, -0.15) is 0 Å². The van der Waals surface area contributed by atoms with E-state index in [0.717, 1.165) is 47.0 Å². The van der Waals surface area contributed by atoms with E-state index in [4.69, 9.17) is 0 Å². The minimum absolute atomic E-state index is 0.176. The van der Waals surface area contributed by atoms with Crippen LogP contribution in [0.4, 0.5) is 0 Å². The van der Waals surface area contributed by atoms with Gasteiger partial charge in [-0.25, -0.2) is 0 Å². The first-order valence-corrected chi connectivity index (χ1v) is 6.35. The molecule has 90 valence electrons. The fourth-order valence-electron chi connectivity index (χ4n) is 2.43. The summed E-state index contributed by atoms with van der Waals surface area (Å²) in [5.74, 6) is 0.176. The summed E-state index contributed by atoms with van der Waals surface area (Å²) in [7, 11) is 0. The Hall–Kier alpha value is -1.96. The monoisotopic (exact) mass is 237 g/mol. The zero-order valence-corrected chi connectivity index (χ0v) is 10.4. The van der Waals surface area contributed by atoms with Crippen LogP contribution in [0.3, 0.4) is 0 Å². The molecule has 0 unspecified atom stereocenters. The highest BCUT2D eigenvalue weighted by Gasteiger charge is 2.15. The highest BCUT2D eigenvalue weighted by molar-refractivity contribution is 6.10. The fraction of sp³-hybridized carbons (Fsp3) is 0.250. The molecule has 0 saturated heterocycles. The number of carbonyl (C=O) groups excluding carboxylic acids is 1. The van der Waals surface area contributed by atoms with Gasteiger partial charge in [-0.05, 0) is 56.0 Å². The molecule has 1 aliphatic rings. The minimum Gasteiger partial charge on any atom is -0.289 e. The Morgan fingerprint density at radius 3 is 2.89 bits per heavy atom. The van der Waals surface area contributed by atoms with Gasteiger partial charge in [0.15, 0.2) is 5.78 Å². The molecule has 0 radical (unpaired) electrons. The van der Waals surface area contributed by atoms with Gasteiger partial charge in [0.25, 0.3) is 0 Å².